The maximum Gasteiger partial charge on any atom is 0.0948 e. The molecule has 3 nitrogen and oxygen atoms in total. The molecule has 1 saturated heterocycles. The van der Waals surface area contributed by atoms with Crippen molar-refractivity contribution in [1.82, 2.24) is 14.9 Å². The van der Waals surface area contributed by atoms with E-state index in [2.05, 4.69) is 21.1 Å². The summed E-state index contributed by atoms with van der Waals surface area (Å²) >= 11 is 0. The van der Waals surface area contributed by atoms with Gasteiger partial charge in [-0.3, -0.25) is 0 Å². The molecule has 1 aliphatic heterocycles. The second kappa shape index (κ2) is 3.97. The predicted molar refractivity (Wildman–Crippen MR) is 59.8 cm³/mol. The first kappa shape index (κ1) is 9.40. The molecule has 1 aromatic rings. The van der Waals surface area contributed by atoms with Crippen LogP contribution in [0.3, 0.4) is 0 Å². The van der Waals surface area contributed by atoms with Gasteiger partial charge in [0.1, 0.15) is 0 Å². The van der Waals surface area contributed by atoms with Crippen LogP contribution in [0.1, 0.15) is 43.7 Å². The van der Waals surface area contributed by atoms with E-state index in [4.69, 9.17) is 0 Å². The Morgan fingerprint density at radius 1 is 1.33 bits per heavy atom. The average molecular weight is 205 g/mol. The summed E-state index contributed by atoms with van der Waals surface area (Å²) < 4.78 is 2.37. The molecule has 2 aliphatic rings. The van der Waals surface area contributed by atoms with Gasteiger partial charge in [-0.2, -0.15) is 0 Å². The van der Waals surface area contributed by atoms with Gasteiger partial charge in [0.15, 0.2) is 0 Å². The topological polar surface area (TPSA) is 29.9 Å². The van der Waals surface area contributed by atoms with Gasteiger partial charge < -0.3 is 9.88 Å². The van der Waals surface area contributed by atoms with E-state index in [9.17, 15) is 0 Å². The minimum atomic E-state index is 0.679. The zero-order chi connectivity index (χ0) is 10.1. The third kappa shape index (κ3) is 1.81. The van der Waals surface area contributed by atoms with Crippen LogP contribution in [-0.2, 0) is 6.54 Å². The van der Waals surface area contributed by atoms with Crippen LogP contribution < -0.4 is 5.32 Å². The van der Waals surface area contributed by atoms with Crippen molar-refractivity contribution in [3.8, 4) is 0 Å². The van der Waals surface area contributed by atoms with Crippen LogP contribution in [0.15, 0.2) is 12.5 Å². The third-order valence-corrected chi connectivity index (χ3v) is 3.85. The minimum Gasteiger partial charge on any atom is -0.333 e. The Labute approximate surface area is 90.9 Å². The van der Waals surface area contributed by atoms with Gasteiger partial charge in [-0.15, -0.1) is 0 Å². The summed E-state index contributed by atoms with van der Waals surface area (Å²) in [6, 6.07) is 0.679. The van der Waals surface area contributed by atoms with Crippen molar-refractivity contribution in [3.05, 3.63) is 18.2 Å². The average Bonchev–Trinajstić information content (AvgIpc) is 2.76. The van der Waals surface area contributed by atoms with Crippen molar-refractivity contribution in [2.24, 2.45) is 0 Å². The normalized spacial score (nSPS) is 26.8. The second-order valence-corrected chi connectivity index (χ2v) is 4.89. The summed E-state index contributed by atoms with van der Waals surface area (Å²) in [7, 11) is 0. The number of imidazole rings is 1. The fourth-order valence-corrected chi connectivity index (χ4v) is 2.68. The van der Waals surface area contributed by atoms with Crippen molar-refractivity contribution >= 4 is 0 Å². The monoisotopic (exact) mass is 205 g/mol. The van der Waals surface area contributed by atoms with Crippen molar-refractivity contribution in [2.75, 3.05) is 6.54 Å². The number of aromatic nitrogens is 2. The SMILES string of the molecule is c1ncn(CC2CCCN2)c1C1CCC1. The molecule has 1 aliphatic carbocycles. The third-order valence-electron chi connectivity index (χ3n) is 3.85. The van der Waals surface area contributed by atoms with Crippen molar-refractivity contribution in [1.29, 1.82) is 0 Å². The van der Waals surface area contributed by atoms with Gasteiger partial charge in [0, 0.05) is 30.4 Å². The maximum absolute atomic E-state index is 4.30. The van der Waals surface area contributed by atoms with E-state index < -0.39 is 0 Å². The molecule has 15 heavy (non-hydrogen) atoms. The highest BCUT2D eigenvalue weighted by atomic mass is 15.1. The summed E-state index contributed by atoms with van der Waals surface area (Å²) in [4.78, 5) is 4.30. The lowest BCUT2D eigenvalue weighted by molar-refractivity contribution is 0.386. The fourth-order valence-electron chi connectivity index (χ4n) is 2.68. The van der Waals surface area contributed by atoms with Gasteiger partial charge in [0.2, 0.25) is 0 Å². The van der Waals surface area contributed by atoms with Crippen molar-refractivity contribution < 1.29 is 0 Å². The van der Waals surface area contributed by atoms with Gasteiger partial charge >= 0.3 is 0 Å². The van der Waals surface area contributed by atoms with Crippen LogP contribution in [-0.4, -0.2) is 22.1 Å². The second-order valence-electron chi connectivity index (χ2n) is 4.89. The minimum absolute atomic E-state index is 0.679. The fraction of sp³-hybridized carbons (Fsp3) is 0.750. The summed E-state index contributed by atoms with van der Waals surface area (Å²) in [6.45, 7) is 2.31. The van der Waals surface area contributed by atoms with Gasteiger partial charge in [-0.1, -0.05) is 6.42 Å². The Bertz CT molecular complexity index is 321. The van der Waals surface area contributed by atoms with Crippen molar-refractivity contribution in [2.45, 2.75) is 50.6 Å². The van der Waals surface area contributed by atoms with Crippen LogP contribution >= 0.6 is 0 Å². The molecular formula is C12H19N3. The Hall–Kier alpha value is -0.830. The molecule has 3 heteroatoms. The Balaban J connectivity index is 1.70. The highest BCUT2D eigenvalue weighted by Gasteiger charge is 2.24. The number of rotatable bonds is 3. The van der Waals surface area contributed by atoms with Crippen LogP contribution in [0.25, 0.3) is 0 Å². The van der Waals surface area contributed by atoms with Gasteiger partial charge in [0.05, 0.1) is 6.33 Å². The quantitative estimate of drug-likeness (QED) is 0.817. The number of hydrogen-bond acceptors (Lipinski definition) is 2. The summed E-state index contributed by atoms with van der Waals surface area (Å²) in [5.41, 5.74) is 1.47. The lowest BCUT2D eigenvalue weighted by atomic mass is 9.83. The molecule has 1 unspecified atom stereocenters. The lowest BCUT2D eigenvalue weighted by Crippen LogP contribution is -2.28. The summed E-state index contributed by atoms with van der Waals surface area (Å²) in [6.07, 6.45) is 10.9. The zero-order valence-electron chi connectivity index (χ0n) is 9.15. The Kier molecular flexibility index (Phi) is 2.49. The molecule has 0 radical (unpaired) electrons. The smallest absolute Gasteiger partial charge is 0.0948 e. The van der Waals surface area contributed by atoms with E-state index >= 15 is 0 Å². The van der Waals surface area contributed by atoms with E-state index in [-0.39, 0.29) is 0 Å². The van der Waals surface area contributed by atoms with E-state index in [1.165, 1.54) is 44.3 Å². The summed E-state index contributed by atoms with van der Waals surface area (Å²) in [5.74, 6) is 0.800. The van der Waals surface area contributed by atoms with Crippen LogP contribution in [0.5, 0.6) is 0 Å². The predicted octanol–water partition coefficient (Wildman–Crippen LogP) is 1.90. The van der Waals surface area contributed by atoms with Gasteiger partial charge in [-0.25, -0.2) is 4.98 Å². The van der Waals surface area contributed by atoms with Crippen LogP contribution in [0.4, 0.5) is 0 Å². The van der Waals surface area contributed by atoms with Gasteiger partial charge in [-0.05, 0) is 32.2 Å². The molecule has 82 valence electrons. The molecule has 1 atom stereocenters. The van der Waals surface area contributed by atoms with Crippen LogP contribution in [0.2, 0.25) is 0 Å². The molecule has 0 amide bonds. The van der Waals surface area contributed by atoms with Gasteiger partial charge in [0.25, 0.3) is 0 Å². The molecule has 1 saturated carbocycles. The van der Waals surface area contributed by atoms with Crippen molar-refractivity contribution in [3.63, 3.8) is 0 Å². The van der Waals surface area contributed by atoms with Crippen LogP contribution in [0, 0.1) is 0 Å². The first-order chi connectivity index (χ1) is 7.43. The number of nitrogens with zero attached hydrogens (tertiary/aromatic N) is 2. The zero-order valence-corrected chi connectivity index (χ0v) is 9.15. The Morgan fingerprint density at radius 2 is 2.27 bits per heavy atom. The molecule has 1 N–H and O–H groups in total. The first-order valence-electron chi connectivity index (χ1n) is 6.17. The molecular weight excluding hydrogens is 186 g/mol. The Morgan fingerprint density at radius 3 is 2.93 bits per heavy atom. The number of nitrogens with one attached hydrogen (secondary N) is 1. The van der Waals surface area contributed by atoms with E-state index in [0.717, 1.165) is 12.5 Å². The molecule has 2 fully saturated rings. The maximum atomic E-state index is 4.30. The molecule has 1 aromatic heterocycles. The largest absolute Gasteiger partial charge is 0.333 e. The molecule has 3 rings (SSSR count). The molecule has 2 heterocycles. The molecule has 0 bridgehead atoms. The summed E-state index contributed by atoms with van der Waals surface area (Å²) in [5, 5.41) is 3.55. The van der Waals surface area contributed by atoms with E-state index in [1.54, 1.807) is 0 Å². The first-order valence-corrected chi connectivity index (χ1v) is 6.17. The highest BCUT2D eigenvalue weighted by molar-refractivity contribution is 5.09. The molecule has 0 spiro atoms. The number of hydrogen-bond donors (Lipinski definition) is 1. The molecule has 0 aromatic carbocycles. The van der Waals surface area contributed by atoms with E-state index in [1.807, 2.05) is 6.33 Å². The highest BCUT2D eigenvalue weighted by Crippen LogP contribution is 2.36. The van der Waals surface area contributed by atoms with E-state index in [0.29, 0.717) is 6.04 Å². The lowest BCUT2D eigenvalue weighted by Gasteiger charge is -2.27. The standard InChI is InChI=1S/C12H19N3/c1-3-10(4-1)12-7-13-9-15(12)8-11-5-2-6-14-11/h7,9-11,14H,1-6,8H2.